The van der Waals surface area contributed by atoms with Gasteiger partial charge in [-0.3, -0.25) is 9.59 Å². The minimum Gasteiger partial charge on any atom is -0.481 e. The summed E-state index contributed by atoms with van der Waals surface area (Å²) in [5, 5.41) is 22.5. The Morgan fingerprint density at radius 3 is 2.33 bits per heavy atom. The number of hydrogen-bond donors (Lipinski definition) is 3. The summed E-state index contributed by atoms with van der Waals surface area (Å²) >= 11 is 0. The van der Waals surface area contributed by atoms with Gasteiger partial charge in [-0.25, -0.2) is 14.5 Å². The molecule has 3 N–H and O–H groups in total. The lowest BCUT2D eigenvalue weighted by atomic mass is 10.3. The number of rotatable bonds is 9. The van der Waals surface area contributed by atoms with E-state index in [4.69, 9.17) is 15.0 Å². The molecule has 0 bridgehead atoms. The van der Waals surface area contributed by atoms with Crippen LogP contribution in [0.15, 0.2) is 36.7 Å². The van der Waals surface area contributed by atoms with E-state index in [1.54, 1.807) is 41.3 Å². The van der Waals surface area contributed by atoms with Crippen molar-refractivity contribution >= 4 is 39.4 Å². The molecule has 0 fully saturated rings. The maximum Gasteiger partial charge on any atom is 0.490 e. The summed E-state index contributed by atoms with van der Waals surface area (Å²) in [6.07, 6.45) is -1.53. The van der Waals surface area contributed by atoms with Crippen molar-refractivity contribution in [3.8, 4) is 5.82 Å². The lowest BCUT2D eigenvalue weighted by Gasteiger charge is -2.06. The highest BCUT2D eigenvalue weighted by atomic mass is 33.1. The van der Waals surface area contributed by atoms with Crippen LogP contribution in [-0.2, 0) is 9.59 Å². The maximum absolute atomic E-state index is 12.0. The van der Waals surface area contributed by atoms with Gasteiger partial charge in [0.25, 0.3) is 5.91 Å². The third-order valence-corrected chi connectivity index (χ3v) is 5.31. The van der Waals surface area contributed by atoms with Gasteiger partial charge in [0.2, 0.25) is 0 Å². The average Bonchev–Trinajstić information content (AvgIpc) is 3.21. The Bertz CT molecular complexity index is 835. The van der Waals surface area contributed by atoms with E-state index in [9.17, 15) is 22.8 Å². The first-order chi connectivity index (χ1) is 14.1. The predicted octanol–water partition coefficient (Wildman–Crippen LogP) is 2.49. The zero-order chi connectivity index (χ0) is 22.6. The van der Waals surface area contributed by atoms with E-state index >= 15 is 0 Å². The summed E-state index contributed by atoms with van der Waals surface area (Å²) in [5.41, 5.74) is 0.335. The number of carboxylic acid groups (broad SMARTS) is 2. The van der Waals surface area contributed by atoms with Crippen LogP contribution in [0.2, 0.25) is 0 Å². The Kier molecular flexibility index (Phi) is 10.7. The van der Waals surface area contributed by atoms with E-state index < -0.39 is 18.1 Å². The number of hydrogen-bond acceptors (Lipinski definition) is 7. The summed E-state index contributed by atoms with van der Waals surface area (Å²) in [4.78, 5) is 35.6. The van der Waals surface area contributed by atoms with Crippen molar-refractivity contribution < 1.29 is 37.8 Å². The van der Waals surface area contributed by atoms with Crippen LogP contribution in [0, 0.1) is 0 Å². The van der Waals surface area contributed by atoms with E-state index in [1.165, 1.54) is 21.6 Å². The number of aliphatic carboxylic acids is 2. The largest absolute Gasteiger partial charge is 0.490 e. The Labute approximate surface area is 176 Å². The number of nitrogens with one attached hydrogen (secondary N) is 1. The highest BCUT2D eigenvalue weighted by molar-refractivity contribution is 8.76. The molecule has 0 saturated heterocycles. The zero-order valence-corrected chi connectivity index (χ0v) is 16.8. The molecule has 0 spiro atoms. The van der Waals surface area contributed by atoms with Crippen LogP contribution >= 0.6 is 21.6 Å². The second kappa shape index (κ2) is 12.7. The normalized spacial score (nSPS) is 10.6. The number of amides is 1. The quantitative estimate of drug-likeness (QED) is 0.376. The van der Waals surface area contributed by atoms with Gasteiger partial charge in [0.1, 0.15) is 5.69 Å². The molecule has 0 aliphatic carbocycles. The number of nitrogens with zero attached hydrogens (tertiary/aromatic N) is 3. The standard InChI is InChI=1S/C14H16N4O3S2.C2HF3O2/c19-13(20)5-9-22-23-10-7-15-14(21)11-3-1-4-12(17-11)18-8-2-6-16-18;3-2(4,5)1(6)7/h1-4,6,8H,5,7,9-10H2,(H,15,21)(H,19,20);(H,6,7). The summed E-state index contributed by atoms with van der Waals surface area (Å²) < 4.78 is 33.3. The molecule has 9 nitrogen and oxygen atoms in total. The third kappa shape index (κ3) is 10.2. The molecule has 2 rings (SSSR count). The average molecular weight is 466 g/mol. The van der Waals surface area contributed by atoms with Crippen LogP contribution in [0.5, 0.6) is 0 Å². The van der Waals surface area contributed by atoms with Crippen molar-refractivity contribution in [2.75, 3.05) is 18.1 Å². The van der Waals surface area contributed by atoms with Crippen LogP contribution in [0.1, 0.15) is 16.9 Å². The molecule has 30 heavy (non-hydrogen) atoms. The summed E-state index contributed by atoms with van der Waals surface area (Å²) in [6, 6.07) is 6.97. The van der Waals surface area contributed by atoms with E-state index in [0.717, 1.165) is 0 Å². The van der Waals surface area contributed by atoms with Crippen molar-refractivity contribution in [3.05, 3.63) is 42.4 Å². The van der Waals surface area contributed by atoms with E-state index in [2.05, 4.69) is 15.4 Å². The van der Waals surface area contributed by atoms with Crippen LogP contribution in [0.4, 0.5) is 13.2 Å². The number of carbonyl (C=O) groups is 3. The highest BCUT2D eigenvalue weighted by Gasteiger charge is 2.38. The molecule has 0 radical (unpaired) electrons. The fourth-order valence-electron chi connectivity index (χ4n) is 1.63. The fourth-order valence-corrected chi connectivity index (χ4v) is 3.51. The van der Waals surface area contributed by atoms with Crippen LogP contribution in [-0.4, -0.2) is 67.1 Å². The molecule has 0 unspecified atom stereocenters. The number of carboxylic acids is 2. The monoisotopic (exact) mass is 466 g/mol. The summed E-state index contributed by atoms with van der Waals surface area (Å²) in [7, 11) is 3.02. The molecule has 164 valence electrons. The van der Waals surface area contributed by atoms with Crippen molar-refractivity contribution in [2.45, 2.75) is 12.6 Å². The van der Waals surface area contributed by atoms with Crippen molar-refractivity contribution in [1.29, 1.82) is 0 Å². The van der Waals surface area contributed by atoms with Gasteiger partial charge in [-0.2, -0.15) is 18.3 Å². The van der Waals surface area contributed by atoms with Gasteiger partial charge in [0, 0.05) is 30.4 Å². The Balaban J connectivity index is 0.000000553. The van der Waals surface area contributed by atoms with Gasteiger partial charge >= 0.3 is 18.1 Å². The molecule has 2 aromatic heterocycles. The van der Waals surface area contributed by atoms with Gasteiger partial charge in [0.05, 0.1) is 6.42 Å². The zero-order valence-electron chi connectivity index (χ0n) is 15.2. The van der Waals surface area contributed by atoms with Gasteiger partial charge in [-0.05, 0) is 18.2 Å². The topological polar surface area (TPSA) is 134 Å². The fraction of sp³-hybridized carbons (Fsp3) is 0.312. The Hall–Kier alpha value is -2.74. The minimum absolute atomic E-state index is 0.147. The highest BCUT2D eigenvalue weighted by Crippen LogP contribution is 2.21. The molecule has 0 atom stereocenters. The third-order valence-electron chi connectivity index (χ3n) is 2.90. The summed E-state index contributed by atoms with van der Waals surface area (Å²) in [5.74, 6) is -1.95. The number of pyridine rings is 1. The lowest BCUT2D eigenvalue weighted by molar-refractivity contribution is -0.192. The van der Waals surface area contributed by atoms with E-state index in [1.807, 2.05) is 0 Å². The molecule has 0 aliphatic heterocycles. The van der Waals surface area contributed by atoms with Crippen molar-refractivity contribution in [2.24, 2.45) is 0 Å². The van der Waals surface area contributed by atoms with Crippen LogP contribution in [0.3, 0.4) is 0 Å². The number of aromatic nitrogens is 3. The molecular formula is C16H17F3N4O5S2. The lowest BCUT2D eigenvalue weighted by Crippen LogP contribution is -2.26. The second-order valence-corrected chi connectivity index (χ2v) is 7.88. The Morgan fingerprint density at radius 2 is 1.77 bits per heavy atom. The maximum atomic E-state index is 12.0. The first-order valence-electron chi connectivity index (χ1n) is 8.13. The SMILES string of the molecule is O=C(O)C(F)(F)F.O=C(O)CCSSCCNC(=O)c1cccc(-n2cccn2)n1. The predicted molar refractivity (Wildman–Crippen MR) is 105 cm³/mol. The summed E-state index contributed by atoms with van der Waals surface area (Å²) in [6.45, 7) is 0.497. The molecule has 0 aliphatic rings. The van der Waals surface area contributed by atoms with Crippen molar-refractivity contribution in [1.82, 2.24) is 20.1 Å². The second-order valence-electron chi connectivity index (χ2n) is 5.18. The molecule has 14 heteroatoms. The molecular weight excluding hydrogens is 449 g/mol. The molecule has 1 amide bonds. The van der Waals surface area contributed by atoms with E-state index in [0.29, 0.717) is 29.6 Å². The van der Waals surface area contributed by atoms with Crippen LogP contribution < -0.4 is 5.32 Å². The molecule has 2 heterocycles. The number of carbonyl (C=O) groups excluding carboxylic acids is 1. The van der Waals surface area contributed by atoms with Crippen molar-refractivity contribution in [3.63, 3.8) is 0 Å². The smallest absolute Gasteiger partial charge is 0.481 e. The Morgan fingerprint density at radius 1 is 1.10 bits per heavy atom. The van der Waals surface area contributed by atoms with Gasteiger partial charge < -0.3 is 15.5 Å². The molecule has 2 aromatic rings. The van der Waals surface area contributed by atoms with Gasteiger partial charge in [0.15, 0.2) is 5.82 Å². The minimum atomic E-state index is -5.08. The first-order valence-corrected chi connectivity index (χ1v) is 10.6. The van der Waals surface area contributed by atoms with Gasteiger partial charge in [-0.15, -0.1) is 0 Å². The van der Waals surface area contributed by atoms with Crippen LogP contribution in [0.25, 0.3) is 5.82 Å². The molecule has 0 aromatic carbocycles. The first kappa shape index (κ1) is 25.3. The van der Waals surface area contributed by atoms with E-state index in [-0.39, 0.29) is 12.3 Å². The molecule has 0 saturated carbocycles. The number of alkyl halides is 3. The van der Waals surface area contributed by atoms with Gasteiger partial charge in [-0.1, -0.05) is 27.7 Å². The number of halogens is 3.